The molecule has 3 rings (SSSR count). The van der Waals surface area contributed by atoms with E-state index >= 15 is 0 Å². The van der Waals surface area contributed by atoms with E-state index in [0.717, 1.165) is 20.8 Å². The molecule has 2 aromatic heterocycles. The summed E-state index contributed by atoms with van der Waals surface area (Å²) in [7, 11) is 0. The van der Waals surface area contributed by atoms with Crippen LogP contribution in [0.15, 0.2) is 35.6 Å². The van der Waals surface area contributed by atoms with Crippen molar-refractivity contribution < 1.29 is 9.59 Å². The highest BCUT2D eigenvalue weighted by Gasteiger charge is 2.16. The lowest BCUT2D eigenvalue weighted by molar-refractivity contribution is -0.113. The van der Waals surface area contributed by atoms with Crippen molar-refractivity contribution in [3.05, 3.63) is 46.6 Å². The zero-order valence-corrected chi connectivity index (χ0v) is 18.5. The topological polar surface area (TPSA) is 84.0 Å². The number of amides is 2. The van der Waals surface area contributed by atoms with E-state index in [2.05, 4.69) is 27.5 Å². The predicted octanol–water partition coefficient (Wildman–Crippen LogP) is 4.42. The Hall–Kier alpha value is -2.45. The second-order valence-corrected chi connectivity index (χ2v) is 9.30. The highest BCUT2D eigenvalue weighted by atomic mass is 32.2. The Morgan fingerprint density at radius 3 is 2.69 bits per heavy atom. The second kappa shape index (κ2) is 9.37. The number of hydrogen-bond acceptors (Lipinski definition) is 6. The van der Waals surface area contributed by atoms with Gasteiger partial charge in [-0.3, -0.25) is 9.59 Å². The zero-order chi connectivity index (χ0) is 21.0. The Morgan fingerprint density at radius 1 is 1.17 bits per heavy atom. The summed E-state index contributed by atoms with van der Waals surface area (Å²) in [6, 6.07) is 7.04. The van der Waals surface area contributed by atoms with Crippen molar-refractivity contribution in [1.29, 1.82) is 0 Å². The van der Waals surface area contributed by atoms with Crippen LogP contribution in [-0.4, -0.2) is 34.1 Å². The highest BCUT2D eigenvalue weighted by molar-refractivity contribution is 8.00. The van der Waals surface area contributed by atoms with Crippen molar-refractivity contribution in [3.8, 4) is 0 Å². The first-order valence-electron chi connectivity index (χ1n) is 9.37. The van der Waals surface area contributed by atoms with Crippen LogP contribution in [0.3, 0.4) is 0 Å². The van der Waals surface area contributed by atoms with Crippen LogP contribution < -0.4 is 10.6 Å². The zero-order valence-electron chi connectivity index (χ0n) is 16.9. The third-order valence-corrected chi connectivity index (χ3v) is 6.49. The first-order valence-corrected chi connectivity index (χ1v) is 11.2. The number of hydrogen-bond donors (Lipinski definition) is 2. The molecule has 0 radical (unpaired) electrons. The van der Waals surface area contributed by atoms with E-state index in [4.69, 9.17) is 0 Å². The molecule has 0 aliphatic carbocycles. The number of rotatable bonds is 7. The summed E-state index contributed by atoms with van der Waals surface area (Å²) < 4.78 is 0. The van der Waals surface area contributed by atoms with Crippen LogP contribution in [0.1, 0.15) is 34.6 Å². The molecule has 6 nitrogen and oxygen atoms in total. The van der Waals surface area contributed by atoms with E-state index in [1.807, 2.05) is 20.8 Å². The summed E-state index contributed by atoms with van der Waals surface area (Å²) in [5, 5.41) is 7.56. The summed E-state index contributed by atoms with van der Waals surface area (Å²) in [4.78, 5) is 35.8. The summed E-state index contributed by atoms with van der Waals surface area (Å²) in [5.74, 6) is 0.174. The average molecular weight is 429 g/mol. The highest BCUT2D eigenvalue weighted by Crippen LogP contribution is 2.34. The van der Waals surface area contributed by atoms with Gasteiger partial charge in [-0.1, -0.05) is 37.7 Å². The maximum absolute atomic E-state index is 12.5. The monoisotopic (exact) mass is 428 g/mol. The first kappa shape index (κ1) is 21.3. The van der Waals surface area contributed by atoms with Gasteiger partial charge in [0.05, 0.1) is 17.0 Å². The minimum Gasteiger partial charge on any atom is -0.352 e. The van der Waals surface area contributed by atoms with E-state index in [1.165, 1.54) is 23.0 Å². The largest absolute Gasteiger partial charge is 0.352 e. The minimum atomic E-state index is -0.191. The molecule has 0 bridgehead atoms. The number of fused-ring (bicyclic) bond motifs is 1. The van der Waals surface area contributed by atoms with Crippen LogP contribution in [0, 0.1) is 19.8 Å². The van der Waals surface area contributed by atoms with Gasteiger partial charge in [0, 0.05) is 16.8 Å². The number of benzene rings is 1. The lowest BCUT2D eigenvalue weighted by Gasteiger charge is -2.12. The quantitative estimate of drug-likeness (QED) is 0.430. The molecule has 0 fully saturated rings. The summed E-state index contributed by atoms with van der Waals surface area (Å²) >= 11 is 3.01. The van der Waals surface area contributed by atoms with Crippen molar-refractivity contribution in [2.24, 2.45) is 5.92 Å². The molecule has 0 saturated carbocycles. The SMILES string of the molecule is Cc1sc2ncnc(SCC(=O)Nc3ccccc3C(=O)NCC(C)C)c2c1C. The van der Waals surface area contributed by atoms with Gasteiger partial charge in [0.2, 0.25) is 5.91 Å². The lowest BCUT2D eigenvalue weighted by atomic mass is 10.1. The van der Waals surface area contributed by atoms with Gasteiger partial charge in [0.15, 0.2) is 0 Å². The Kier molecular flexibility index (Phi) is 6.87. The van der Waals surface area contributed by atoms with E-state index in [1.54, 1.807) is 35.6 Å². The Labute approximate surface area is 178 Å². The van der Waals surface area contributed by atoms with E-state index in [-0.39, 0.29) is 17.6 Å². The van der Waals surface area contributed by atoms with Crippen molar-refractivity contribution in [1.82, 2.24) is 15.3 Å². The van der Waals surface area contributed by atoms with Crippen LogP contribution in [-0.2, 0) is 4.79 Å². The fourth-order valence-corrected chi connectivity index (χ4v) is 4.68. The number of aryl methyl sites for hydroxylation is 2. The molecular weight excluding hydrogens is 404 g/mol. The van der Waals surface area contributed by atoms with Gasteiger partial charge in [0.25, 0.3) is 5.91 Å². The van der Waals surface area contributed by atoms with Gasteiger partial charge in [-0.05, 0) is 37.5 Å². The second-order valence-electron chi connectivity index (χ2n) is 7.13. The summed E-state index contributed by atoms with van der Waals surface area (Å²) in [6.07, 6.45) is 1.53. The number of para-hydroxylation sites is 1. The fourth-order valence-electron chi connectivity index (χ4n) is 2.76. The third-order valence-electron chi connectivity index (χ3n) is 4.39. The molecule has 0 aliphatic rings. The molecule has 1 aromatic carbocycles. The van der Waals surface area contributed by atoms with Crippen molar-refractivity contribution in [3.63, 3.8) is 0 Å². The number of carbonyl (C=O) groups excluding carboxylic acids is 2. The van der Waals surface area contributed by atoms with Crippen LogP contribution in [0.25, 0.3) is 10.2 Å². The van der Waals surface area contributed by atoms with Crippen molar-refractivity contribution in [2.75, 3.05) is 17.6 Å². The lowest BCUT2D eigenvalue weighted by Crippen LogP contribution is -2.28. The molecule has 2 amide bonds. The molecule has 8 heteroatoms. The van der Waals surface area contributed by atoms with E-state index in [0.29, 0.717) is 23.7 Å². The number of thiophene rings is 1. The molecule has 152 valence electrons. The molecule has 0 unspecified atom stereocenters. The van der Waals surface area contributed by atoms with Crippen LogP contribution in [0.4, 0.5) is 5.69 Å². The molecule has 2 N–H and O–H groups in total. The number of thioether (sulfide) groups is 1. The number of nitrogens with zero attached hydrogens (tertiary/aromatic N) is 2. The third kappa shape index (κ3) is 5.13. The first-order chi connectivity index (χ1) is 13.9. The van der Waals surface area contributed by atoms with Crippen LogP contribution >= 0.6 is 23.1 Å². The molecule has 3 aromatic rings. The predicted molar refractivity (Wildman–Crippen MR) is 120 cm³/mol. The summed E-state index contributed by atoms with van der Waals surface area (Å²) in [6.45, 7) is 8.76. The average Bonchev–Trinajstić information content (AvgIpc) is 2.99. The fraction of sp³-hybridized carbons (Fsp3) is 0.333. The molecule has 0 saturated heterocycles. The Bertz CT molecular complexity index is 1050. The van der Waals surface area contributed by atoms with E-state index < -0.39 is 0 Å². The molecule has 2 heterocycles. The van der Waals surface area contributed by atoms with Gasteiger partial charge >= 0.3 is 0 Å². The summed E-state index contributed by atoms with van der Waals surface area (Å²) in [5.41, 5.74) is 2.12. The maximum atomic E-state index is 12.5. The minimum absolute atomic E-state index is 0.185. The number of aromatic nitrogens is 2. The smallest absolute Gasteiger partial charge is 0.253 e. The normalized spacial score (nSPS) is 11.1. The standard InChI is InChI=1S/C21H24N4O2S2/c1-12(2)9-22-19(27)15-7-5-6-8-16(15)25-17(26)10-28-20-18-13(3)14(4)29-21(18)24-11-23-20/h5-8,11-12H,9-10H2,1-4H3,(H,22,27)(H,25,26). The van der Waals surface area contributed by atoms with Crippen LogP contribution in [0.2, 0.25) is 0 Å². The number of anilines is 1. The maximum Gasteiger partial charge on any atom is 0.253 e. The van der Waals surface area contributed by atoms with E-state index in [9.17, 15) is 9.59 Å². The number of carbonyl (C=O) groups is 2. The molecule has 0 aliphatic heterocycles. The number of nitrogens with one attached hydrogen (secondary N) is 2. The molecule has 0 spiro atoms. The molecular formula is C21H24N4O2S2. The van der Waals surface area contributed by atoms with Crippen molar-refractivity contribution >= 4 is 50.8 Å². The molecule has 0 atom stereocenters. The van der Waals surface area contributed by atoms with Crippen molar-refractivity contribution in [2.45, 2.75) is 32.7 Å². The van der Waals surface area contributed by atoms with Gasteiger partial charge in [0.1, 0.15) is 16.2 Å². The van der Waals surface area contributed by atoms with Gasteiger partial charge in [-0.25, -0.2) is 9.97 Å². The van der Waals surface area contributed by atoms with Crippen LogP contribution in [0.5, 0.6) is 0 Å². The Morgan fingerprint density at radius 2 is 1.93 bits per heavy atom. The van der Waals surface area contributed by atoms with Gasteiger partial charge in [-0.15, -0.1) is 11.3 Å². The molecule has 29 heavy (non-hydrogen) atoms. The Balaban J connectivity index is 1.69. The van der Waals surface area contributed by atoms with Gasteiger partial charge < -0.3 is 10.6 Å². The van der Waals surface area contributed by atoms with Gasteiger partial charge in [-0.2, -0.15) is 0 Å².